The Morgan fingerprint density at radius 3 is 2.79 bits per heavy atom. The maximum atomic E-state index is 5.78. The van der Waals surface area contributed by atoms with Gasteiger partial charge in [-0.15, -0.1) is 0 Å². The van der Waals surface area contributed by atoms with E-state index in [1.165, 1.54) is 5.56 Å². The molecule has 3 rings (SSSR count). The number of anilines is 2. The molecule has 0 amide bonds. The van der Waals surface area contributed by atoms with Crippen molar-refractivity contribution < 1.29 is 0 Å². The topological polar surface area (TPSA) is 63.8 Å². The highest BCUT2D eigenvalue weighted by Crippen LogP contribution is 2.29. The molecule has 0 saturated heterocycles. The van der Waals surface area contributed by atoms with Gasteiger partial charge < -0.3 is 11.1 Å². The maximum absolute atomic E-state index is 5.78. The van der Waals surface area contributed by atoms with Gasteiger partial charge in [-0.05, 0) is 42.8 Å². The predicted molar refractivity (Wildman–Crippen MR) is 80.3 cm³/mol. The summed E-state index contributed by atoms with van der Waals surface area (Å²) in [5.41, 5.74) is 8.71. The molecule has 2 aromatic heterocycles. The molecular formula is C14H14N4S. The molecule has 4 nitrogen and oxygen atoms in total. The lowest BCUT2D eigenvalue weighted by molar-refractivity contribution is 0.879. The number of nitrogens with two attached hydrogens (primary N) is 1. The number of aromatic nitrogens is 2. The van der Waals surface area contributed by atoms with Gasteiger partial charge >= 0.3 is 0 Å². The summed E-state index contributed by atoms with van der Waals surface area (Å²) in [5, 5.41) is 4.31. The second kappa shape index (κ2) is 4.85. The summed E-state index contributed by atoms with van der Waals surface area (Å²) in [7, 11) is 0. The van der Waals surface area contributed by atoms with Crippen LogP contribution >= 0.6 is 11.3 Å². The van der Waals surface area contributed by atoms with Crippen LogP contribution < -0.4 is 11.1 Å². The molecule has 1 unspecified atom stereocenters. The minimum Gasteiger partial charge on any atom is -0.399 e. The Labute approximate surface area is 115 Å². The molecule has 0 aliphatic carbocycles. The second-order valence-corrected chi connectivity index (χ2v) is 5.42. The molecule has 0 fully saturated rings. The van der Waals surface area contributed by atoms with E-state index >= 15 is 0 Å². The third-order valence-corrected chi connectivity index (χ3v) is 3.91. The molecule has 3 N–H and O–H groups in total. The zero-order valence-electron chi connectivity index (χ0n) is 10.5. The quantitative estimate of drug-likeness (QED) is 0.715. The molecule has 2 heterocycles. The molecule has 0 spiro atoms. The average molecular weight is 270 g/mol. The van der Waals surface area contributed by atoms with E-state index < -0.39 is 0 Å². The van der Waals surface area contributed by atoms with Gasteiger partial charge in [0.1, 0.15) is 0 Å². The number of benzene rings is 1. The number of pyridine rings is 1. The molecule has 0 radical (unpaired) electrons. The number of nitrogens with zero attached hydrogens (tertiary/aromatic N) is 2. The van der Waals surface area contributed by atoms with Gasteiger partial charge in [-0.2, -0.15) is 0 Å². The van der Waals surface area contributed by atoms with Gasteiger partial charge in [0, 0.05) is 18.1 Å². The molecule has 0 bridgehead atoms. The standard InChI is InChI=1S/C14H14N4S/c1-9(10-4-6-16-7-5-10)17-14-18-12-3-2-11(15)8-13(12)19-14/h2-9H,15H2,1H3,(H,17,18). The lowest BCUT2D eigenvalue weighted by Crippen LogP contribution is -2.05. The highest BCUT2D eigenvalue weighted by atomic mass is 32.1. The maximum Gasteiger partial charge on any atom is 0.184 e. The van der Waals surface area contributed by atoms with Crippen molar-refractivity contribution in [1.82, 2.24) is 9.97 Å². The monoisotopic (exact) mass is 270 g/mol. The zero-order chi connectivity index (χ0) is 13.2. The first-order valence-electron chi connectivity index (χ1n) is 6.05. The van der Waals surface area contributed by atoms with Gasteiger partial charge in [0.25, 0.3) is 0 Å². The Morgan fingerprint density at radius 2 is 2.00 bits per heavy atom. The fourth-order valence-electron chi connectivity index (χ4n) is 1.92. The number of nitrogen functional groups attached to an aromatic ring is 1. The first-order chi connectivity index (χ1) is 9.22. The summed E-state index contributed by atoms with van der Waals surface area (Å²) in [6.45, 7) is 2.11. The summed E-state index contributed by atoms with van der Waals surface area (Å²) in [5.74, 6) is 0. The molecule has 0 aliphatic rings. The van der Waals surface area contributed by atoms with Gasteiger partial charge in [-0.3, -0.25) is 4.98 Å². The normalized spacial score (nSPS) is 12.5. The number of hydrogen-bond donors (Lipinski definition) is 2. The van der Waals surface area contributed by atoms with E-state index in [4.69, 9.17) is 5.73 Å². The van der Waals surface area contributed by atoms with Crippen LogP contribution in [0, 0.1) is 0 Å². The van der Waals surface area contributed by atoms with Gasteiger partial charge in [0.15, 0.2) is 5.13 Å². The van der Waals surface area contributed by atoms with Gasteiger partial charge in [-0.1, -0.05) is 11.3 Å². The van der Waals surface area contributed by atoms with Crippen LogP contribution in [-0.4, -0.2) is 9.97 Å². The van der Waals surface area contributed by atoms with Crippen molar-refractivity contribution in [3.63, 3.8) is 0 Å². The lowest BCUT2D eigenvalue weighted by atomic mass is 10.1. The number of rotatable bonds is 3. The van der Waals surface area contributed by atoms with Crippen molar-refractivity contribution in [2.24, 2.45) is 0 Å². The second-order valence-electron chi connectivity index (χ2n) is 4.39. The number of nitrogens with one attached hydrogen (secondary N) is 1. The van der Waals surface area contributed by atoms with Crippen molar-refractivity contribution >= 4 is 32.4 Å². The minimum absolute atomic E-state index is 0.195. The molecule has 1 aromatic carbocycles. The van der Waals surface area contributed by atoms with E-state index in [1.807, 2.05) is 30.3 Å². The van der Waals surface area contributed by atoms with Crippen molar-refractivity contribution in [1.29, 1.82) is 0 Å². The van der Waals surface area contributed by atoms with E-state index in [0.29, 0.717) is 0 Å². The van der Waals surface area contributed by atoms with Gasteiger partial charge in [-0.25, -0.2) is 4.98 Å². The van der Waals surface area contributed by atoms with Crippen LogP contribution in [0.2, 0.25) is 0 Å². The van der Waals surface area contributed by atoms with E-state index in [-0.39, 0.29) is 6.04 Å². The Morgan fingerprint density at radius 1 is 1.21 bits per heavy atom. The van der Waals surface area contributed by atoms with E-state index in [0.717, 1.165) is 21.0 Å². The third-order valence-electron chi connectivity index (χ3n) is 2.96. The molecule has 19 heavy (non-hydrogen) atoms. The number of fused-ring (bicyclic) bond motifs is 1. The third kappa shape index (κ3) is 2.51. The largest absolute Gasteiger partial charge is 0.399 e. The summed E-state index contributed by atoms with van der Waals surface area (Å²) in [4.78, 5) is 8.58. The van der Waals surface area contributed by atoms with Crippen LogP contribution in [0.15, 0.2) is 42.7 Å². The van der Waals surface area contributed by atoms with Gasteiger partial charge in [0.05, 0.1) is 16.3 Å². The minimum atomic E-state index is 0.195. The number of hydrogen-bond acceptors (Lipinski definition) is 5. The molecule has 0 saturated carbocycles. The molecule has 0 aliphatic heterocycles. The zero-order valence-corrected chi connectivity index (χ0v) is 11.3. The molecule has 1 atom stereocenters. The molecule has 96 valence electrons. The summed E-state index contributed by atoms with van der Waals surface area (Å²) >= 11 is 1.62. The smallest absolute Gasteiger partial charge is 0.184 e. The summed E-state index contributed by atoms with van der Waals surface area (Å²) in [6.07, 6.45) is 3.60. The average Bonchev–Trinajstić information content (AvgIpc) is 2.81. The van der Waals surface area contributed by atoms with Crippen molar-refractivity contribution in [2.45, 2.75) is 13.0 Å². The summed E-state index contributed by atoms with van der Waals surface area (Å²) in [6, 6.07) is 9.98. The summed E-state index contributed by atoms with van der Waals surface area (Å²) < 4.78 is 1.10. The lowest BCUT2D eigenvalue weighted by Gasteiger charge is -2.12. The number of thiazole rings is 1. The fraction of sp³-hybridized carbons (Fsp3) is 0.143. The van der Waals surface area contributed by atoms with Crippen LogP contribution in [0.3, 0.4) is 0 Å². The van der Waals surface area contributed by atoms with E-state index in [9.17, 15) is 0 Å². The van der Waals surface area contributed by atoms with Crippen molar-refractivity contribution in [3.8, 4) is 0 Å². The van der Waals surface area contributed by atoms with Crippen LogP contribution in [0.25, 0.3) is 10.2 Å². The first kappa shape index (κ1) is 11.9. The van der Waals surface area contributed by atoms with E-state index in [1.54, 1.807) is 23.7 Å². The Bertz CT molecular complexity index is 693. The van der Waals surface area contributed by atoms with Gasteiger partial charge in [0.2, 0.25) is 0 Å². The SMILES string of the molecule is CC(Nc1nc2ccc(N)cc2s1)c1ccncc1. The molecule has 5 heteroatoms. The van der Waals surface area contributed by atoms with E-state index in [2.05, 4.69) is 22.2 Å². The van der Waals surface area contributed by atoms with Crippen molar-refractivity contribution in [3.05, 3.63) is 48.3 Å². The fourth-order valence-corrected chi connectivity index (χ4v) is 2.92. The molecule has 3 aromatic rings. The predicted octanol–water partition coefficient (Wildman–Crippen LogP) is 3.45. The van der Waals surface area contributed by atoms with Crippen LogP contribution in [0.4, 0.5) is 10.8 Å². The van der Waals surface area contributed by atoms with Crippen LogP contribution in [0.1, 0.15) is 18.5 Å². The van der Waals surface area contributed by atoms with Crippen molar-refractivity contribution in [2.75, 3.05) is 11.1 Å². The highest BCUT2D eigenvalue weighted by molar-refractivity contribution is 7.22. The highest BCUT2D eigenvalue weighted by Gasteiger charge is 2.09. The molecular weight excluding hydrogens is 256 g/mol. The van der Waals surface area contributed by atoms with Crippen LogP contribution in [0.5, 0.6) is 0 Å². The van der Waals surface area contributed by atoms with Crippen LogP contribution in [-0.2, 0) is 0 Å². The Hall–Kier alpha value is -2.14. The first-order valence-corrected chi connectivity index (χ1v) is 6.86. The Kier molecular flexibility index (Phi) is 3.05. The Balaban J connectivity index is 1.85.